The molecule has 0 saturated heterocycles. The Balaban J connectivity index is 1.63. The third kappa shape index (κ3) is 5.00. The lowest BCUT2D eigenvalue weighted by molar-refractivity contribution is -0.126. The second-order valence-electron chi connectivity index (χ2n) is 9.03. The zero-order valence-electron chi connectivity index (χ0n) is 20.6. The first-order chi connectivity index (χ1) is 18.0. The van der Waals surface area contributed by atoms with Crippen LogP contribution in [0.15, 0.2) is 108 Å². The van der Waals surface area contributed by atoms with Crippen molar-refractivity contribution < 1.29 is 14.3 Å². The predicted molar refractivity (Wildman–Crippen MR) is 146 cm³/mol. The first-order valence-electron chi connectivity index (χ1n) is 12.1. The van der Waals surface area contributed by atoms with Gasteiger partial charge in [0, 0.05) is 17.2 Å². The number of hydrogen-bond donors (Lipinski definition) is 1. The summed E-state index contributed by atoms with van der Waals surface area (Å²) in [7, 11) is 1.37. The third-order valence-electron chi connectivity index (χ3n) is 6.51. The average Bonchev–Trinajstić information content (AvgIpc) is 3.31. The molecule has 0 unspecified atom stereocenters. The topological polar surface area (TPSA) is 72.7 Å². The summed E-state index contributed by atoms with van der Waals surface area (Å²) in [4.78, 5) is 24.5. The molecule has 37 heavy (non-hydrogen) atoms. The SMILES string of the molecule is C=C1CC(C(=O)N/N=C/c2cc(-c3ccccc3)n(-c3ccc(C(=O)OC)cc3)c2-c2ccccc2)C1. The number of nitrogens with zero attached hydrogens (tertiary/aromatic N) is 2. The first kappa shape index (κ1) is 24.0. The lowest BCUT2D eigenvalue weighted by Crippen LogP contribution is -2.32. The minimum Gasteiger partial charge on any atom is -0.465 e. The highest BCUT2D eigenvalue weighted by atomic mass is 16.5. The number of aromatic nitrogens is 1. The fourth-order valence-electron chi connectivity index (χ4n) is 4.55. The molecule has 0 atom stereocenters. The molecular weight excluding hydrogens is 462 g/mol. The molecule has 1 N–H and O–H groups in total. The quantitative estimate of drug-likeness (QED) is 0.149. The fraction of sp³-hybridized carbons (Fsp3) is 0.129. The van der Waals surface area contributed by atoms with Crippen molar-refractivity contribution in [1.29, 1.82) is 0 Å². The Bertz CT molecular complexity index is 1460. The van der Waals surface area contributed by atoms with E-state index in [1.807, 2.05) is 60.7 Å². The number of nitrogens with one attached hydrogen (secondary N) is 1. The van der Waals surface area contributed by atoms with Gasteiger partial charge >= 0.3 is 5.97 Å². The number of carbonyl (C=O) groups is 2. The molecule has 0 bridgehead atoms. The van der Waals surface area contributed by atoms with Gasteiger partial charge in [-0.2, -0.15) is 5.10 Å². The normalized spacial score (nSPS) is 13.4. The summed E-state index contributed by atoms with van der Waals surface area (Å²) in [6, 6.07) is 29.5. The molecule has 184 valence electrons. The molecule has 1 heterocycles. The monoisotopic (exact) mass is 489 g/mol. The van der Waals surface area contributed by atoms with E-state index in [2.05, 4.69) is 39.9 Å². The summed E-state index contributed by atoms with van der Waals surface area (Å²) >= 11 is 0. The van der Waals surface area contributed by atoms with Crippen LogP contribution in [0.3, 0.4) is 0 Å². The Morgan fingerprint density at radius 1 is 0.946 bits per heavy atom. The van der Waals surface area contributed by atoms with Crippen LogP contribution < -0.4 is 5.43 Å². The van der Waals surface area contributed by atoms with Crippen LogP contribution in [-0.2, 0) is 9.53 Å². The Labute approximate surface area is 215 Å². The molecule has 5 rings (SSSR count). The number of hydrogen-bond acceptors (Lipinski definition) is 4. The smallest absolute Gasteiger partial charge is 0.337 e. The lowest BCUT2D eigenvalue weighted by Gasteiger charge is -2.25. The number of ether oxygens (including phenoxy) is 1. The maximum absolute atomic E-state index is 12.4. The van der Waals surface area contributed by atoms with Crippen molar-refractivity contribution >= 4 is 18.1 Å². The van der Waals surface area contributed by atoms with Crippen molar-refractivity contribution in [1.82, 2.24) is 9.99 Å². The zero-order valence-corrected chi connectivity index (χ0v) is 20.6. The standard InChI is InChI=1S/C31H27N3O3/c1-21-17-25(18-21)30(35)33-32-20-26-19-28(22-9-5-3-6-10-22)34(29(26)23-11-7-4-8-12-23)27-15-13-24(14-16-27)31(36)37-2/h3-16,19-20,25H,1,17-18H2,2H3,(H,33,35)/b32-20+. The van der Waals surface area contributed by atoms with Gasteiger partial charge in [-0.05, 0) is 54.3 Å². The average molecular weight is 490 g/mol. The molecule has 1 saturated carbocycles. The predicted octanol–water partition coefficient (Wildman–Crippen LogP) is 6.01. The van der Waals surface area contributed by atoms with Crippen LogP contribution in [0.25, 0.3) is 28.2 Å². The summed E-state index contributed by atoms with van der Waals surface area (Å²) in [5.41, 5.74) is 9.87. The molecule has 0 spiro atoms. The van der Waals surface area contributed by atoms with E-state index in [1.54, 1.807) is 18.3 Å². The summed E-state index contributed by atoms with van der Waals surface area (Å²) in [5, 5.41) is 4.32. The largest absolute Gasteiger partial charge is 0.465 e. The maximum atomic E-state index is 12.4. The Kier molecular flexibility index (Phi) is 6.81. The Morgan fingerprint density at radius 3 is 2.16 bits per heavy atom. The summed E-state index contributed by atoms with van der Waals surface area (Å²) < 4.78 is 7.01. The van der Waals surface area contributed by atoms with Crippen LogP contribution in [-0.4, -0.2) is 29.8 Å². The van der Waals surface area contributed by atoms with E-state index in [0.29, 0.717) is 18.4 Å². The van der Waals surface area contributed by atoms with Crippen LogP contribution in [0.2, 0.25) is 0 Å². The van der Waals surface area contributed by atoms with E-state index in [1.165, 1.54) is 7.11 Å². The number of esters is 1. The van der Waals surface area contributed by atoms with E-state index < -0.39 is 0 Å². The van der Waals surface area contributed by atoms with Gasteiger partial charge in [0.2, 0.25) is 5.91 Å². The second kappa shape index (κ2) is 10.5. The number of amides is 1. The van der Waals surface area contributed by atoms with E-state index in [-0.39, 0.29) is 17.8 Å². The zero-order chi connectivity index (χ0) is 25.8. The molecule has 6 heteroatoms. The van der Waals surface area contributed by atoms with Gasteiger partial charge in [-0.25, -0.2) is 10.2 Å². The molecule has 6 nitrogen and oxygen atoms in total. The second-order valence-corrected chi connectivity index (χ2v) is 9.03. The number of methoxy groups -OCH3 is 1. The van der Waals surface area contributed by atoms with Crippen molar-refractivity contribution in [2.24, 2.45) is 11.0 Å². The van der Waals surface area contributed by atoms with Gasteiger partial charge < -0.3 is 9.30 Å². The van der Waals surface area contributed by atoms with Gasteiger partial charge in [0.1, 0.15) is 0 Å². The van der Waals surface area contributed by atoms with Gasteiger partial charge in [-0.1, -0.05) is 72.8 Å². The van der Waals surface area contributed by atoms with Crippen LogP contribution in [0, 0.1) is 5.92 Å². The highest BCUT2D eigenvalue weighted by molar-refractivity contribution is 5.94. The van der Waals surface area contributed by atoms with Crippen molar-refractivity contribution in [3.8, 4) is 28.2 Å². The van der Waals surface area contributed by atoms with Crippen LogP contribution in [0.1, 0.15) is 28.8 Å². The highest BCUT2D eigenvalue weighted by Gasteiger charge is 2.28. The van der Waals surface area contributed by atoms with E-state index in [9.17, 15) is 9.59 Å². The lowest BCUT2D eigenvalue weighted by atomic mass is 9.81. The first-order valence-corrected chi connectivity index (χ1v) is 12.1. The third-order valence-corrected chi connectivity index (χ3v) is 6.51. The minimum atomic E-state index is -0.385. The molecule has 1 aliphatic rings. The molecular formula is C31H27N3O3. The molecule has 1 amide bonds. The molecule has 1 fully saturated rings. The fourth-order valence-corrected chi connectivity index (χ4v) is 4.55. The Morgan fingerprint density at radius 2 is 1.57 bits per heavy atom. The number of carbonyl (C=O) groups excluding carboxylic acids is 2. The van der Waals surface area contributed by atoms with E-state index >= 15 is 0 Å². The molecule has 0 aliphatic heterocycles. The van der Waals surface area contributed by atoms with Gasteiger partial charge in [0.05, 0.1) is 30.3 Å². The van der Waals surface area contributed by atoms with Gasteiger partial charge in [0.15, 0.2) is 0 Å². The minimum absolute atomic E-state index is 0.0592. The molecule has 1 aromatic heterocycles. The van der Waals surface area contributed by atoms with E-state index in [0.717, 1.165) is 39.3 Å². The van der Waals surface area contributed by atoms with Gasteiger partial charge in [-0.3, -0.25) is 4.79 Å². The van der Waals surface area contributed by atoms with Gasteiger partial charge in [-0.15, -0.1) is 0 Å². The van der Waals surface area contributed by atoms with Crippen LogP contribution in [0.5, 0.6) is 0 Å². The van der Waals surface area contributed by atoms with Crippen molar-refractivity contribution in [3.05, 3.63) is 114 Å². The van der Waals surface area contributed by atoms with Gasteiger partial charge in [0.25, 0.3) is 0 Å². The number of hydrazone groups is 1. The number of allylic oxidation sites excluding steroid dienone is 1. The van der Waals surface area contributed by atoms with Crippen molar-refractivity contribution in [2.45, 2.75) is 12.8 Å². The molecule has 1 aliphatic carbocycles. The maximum Gasteiger partial charge on any atom is 0.337 e. The van der Waals surface area contributed by atoms with Crippen LogP contribution in [0.4, 0.5) is 0 Å². The summed E-state index contributed by atoms with van der Waals surface area (Å²) in [6.07, 6.45) is 3.12. The number of benzene rings is 3. The Hall–Kier alpha value is -4.71. The highest BCUT2D eigenvalue weighted by Crippen LogP contribution is 2.35. The summed E-state index contributed by atoms with van der Waals surface area (Å²) in [6.45, 7) is 3.91. The molecule has 0 radical (unpaired) electrons. The summed E-state index contributed by atoms with van der Waals surface area (Å²) in [5.74, 6) is -0.536. The van der Waals surface area contributed by atoms with Crippen molar-refractivity contribution in [3.63, 3.8) is 0 Å². The molecule has 3 aromatic carbocycles. The van der Waals surface area contributed by atoms with Crippen molar-refractivity contribution in [2.75, 3.05) is 7.11 Å². The molecule has 4 aromatic rings. The number of rotatable bonds is 7. The van der Waals surface area contributed by atoms with Crippen LogP contribution >= 0.6 is 0 Å². The van der Waals surface area contributed by atoms with E-state index in [4.69, 9.17) is 4.74 Å².